The molecule has 0 heterocycles. The standard InChI is InChI=1S/C18H15Ge.C8H11Ge/c1-4-10-16(11-5-1)19(17-12-6-2-7-13-17)18-14-8-3-9-15-18;1-9(2)8-6-4-3-5-7-8/h1-15H;3-7H,1-2H3. The van der Waals surface area contributed by atoms with Crippen molar-refractivity contribution in [1.82, 2.24) is 0 Å². The minimum atomic E-state index is -1.63. The van der Waals surface area contributed by atoms with E-state index in [-0.39, 0.29) is 0 Å². The second-order valence-electron chi connectivity index (χ2n) is 6.84. The number of hydrogen-bond donors (Lipinski definition) is 0. The first-order valence-corrected chi connectivity index (χ1v) is 18.0. The van der Waals surface area contributed by atoms with Gasteiger partial charge >= 0.3 is 179 Å². The summed E-state index contributed by atoms with van der Waals surface area (Å²) in [4.78, 5) is 0. The molecule has 4 aromatic rings. The summed E-state index contributed by atoms with van der Waals surface area (Å²) >= 11 is -2.40. The molecule has 138 valence electrons. The van der Waals surface area contributed by atoms with E-state index in [1.807, 2.05) is 0 Å². The average molecular weight is 484 g/mol. The van der Waals surface area contributed by atoms with E-state index in [0.717, 1.165) is 0 Å². The van der Waals surface area contributed by atoms with Crippen molar-refractivity contribution >= 4 is 46.3 Å². The van der Waals surface area contributed by atoms with Crippen LogP contribution >= 0.6 is 0 Å². The third kappa shape index (κ3) is 5.98. The second-order valence-corrected chi connectivity index (χ2v) is 17.5. The third-order valence-electron chi connectivity index (χ3n) is 4.54. The Morgan fingerprint density at radius 2 is 0.607 bits per heavy atom. The van der Waals surface area contributed by atoms with Gasteiger partial charge in [-0.1, -0.05) is 0 Å². The molecule has 0 aromatic heterocycles. The fourth-order valence-electron chi connectivity index (χ4n) is 3.09. The first-order valence-electron chi connectivity index (χ1n) is 9.64. The fraction of sp³-hybridized carbons (Fsp3) is 0.0769. The zero-order valence-corrected chi connectivity index (χ0v) is 20.7. The van der Waals surface area contributed by atoms with E-state index in [2.05, 4.69) is 133 Å². The van der Waals surface area contributed by atoms with Crippen molar-refractivity contribution in [3.05, 3.63) is 121 Å². The molecule has 0 aliphatic carbocycles. The van der Waals surface area contributed by atoms with E-state index in [4.69, 9.17) is 0 Å². The summed E-state index contributed by atoms with van der Waals surface area (Å²) in [6.45, 7) is 0. The SMILES string of the molecule is [CH3][Ge]([CH3])[c]1ccccc1.c1cc[c]([Ge]([c]2ccccc2)[c]2ccccc2)cc1. The topological polar surface area (TPSA) is 0 Å². The van der Waals surface area contributed by atoms with E-state index in [1.54, 1.807) is 4.40 Å². The quantitative estimate of drug-likeness (QED) is 0.387. The molecule has 0 atom stereocenters. The molecule has 2 heteroatoms. The predicted octanol–water partition coefficient (Wildman–Crippen LogP) is 3.85. The molecule has 0 bridgehead atoms. The summed E-state index contributed by atoms with van der Waals surface area (Å²) in [5.41, 5.74) is 0. The summed E-state index contributed by atoms with van der Waals surface area (Å²) in [6, 6.07) is 43.6. The van der Waals surface area contributed by atoms with Crippen LogP contribution < -0.4 is 17.6 Å². The zero-order chi connectivity index (χ0) is 19.6. The van der Waals surface area contributed by atoms with Gasteiger partial charge in [0.1, 0.15) is 0 Å². The normalized spacial score (nSPS) is 10.4. The number of hydrogen-bond acceptors (Lipinski definition) is 0. The van der Waals surface area contributed by atoms with E-state index < -0.39 is 28.7 Å². The molecule has 0 N–H and O–H groups in total. The van der Waals surface area contributed by atoms with Crippen LogP contribution in [-0.4, -0.2) is 28.7 Å². The Balaban J connectivity index is 0.000000211. The van der Waals surface area contributed by atoms with Gasteiger partial charge in [-0.15, -0.1) is 0 Å². The van der Waals surface area contributed by atoms with Crippen LogP contribution in [-0.2, 0) is 0 Å². The molecule has 0 fully saturated rings. The maximum atomic E-state index is 2.37. The van der Waals surface area contributed by atoms with Crippen LogP contribution in [0.15, 0.2) is 121 Å². The summed E-state index contributed by atoms with van der Waals surface area (Å²) in [5.74, 6) is 4.74. The Hall–Kier alpha value is -2.03. The number of benzene rings is 4. The maximum absolute atomic E-state index is 2.37. The fourth-order valence-corrected chi connectivity index (χ4v) is 10.3. The average Bonchev–Trinajstić information content (AvgIpc) is 2.77. The van der Waals surface area contributed by atoms with Crippen molar-refractivity contribution < 1.29 is 0 Å². The summed E-state index contributed by atoms with van der Waals surface area (Å²) in [7, 11) is 0. The molecule has 0 nitrogen and oxygen atoms in total. The van der Waals surface area contributed by atoms with Crippen LogP contribution in [0.2, 0.25) is 11.5 Å². The third-order valence-corrected chi connectivity index (χ3v) is 13.4. The van der Waals surface area contributed by atoms with Crippen molar-refractivity contribution in [2.75, 3.05) is 0 Å². The van der Waals surface area contributed by atoms with Crippen molar-refractivity contribution in [2.24, 2.45) is 0 Å². The van der Waals surface area contributed by atoms with E-state index >= 15 is 0 Å². The van der Waals surface area contributed by atoms with Gasteiger partial charge in [-0.05, 0) is 0 Å². The molecule has 0 unspecified atom stereocenters. The summed E-state index contributed by atoms with van der Waals surface area (Å²) in [5, 5.41) is 0. The first-order chi connectivity index (χ1) is 13.8. The van der Waals surface area contributed by atoms with Crippen LogP contribution in [0.1, 0.15) is 0 Å². The Morgan fingerprint density at radius 3 is 0.821 bits per heavy atom. The van der Waals surface area contributed by atoms with Crippen molar-refractivity contribution in [3.8, 4) is 0 Å². The van der Waals surface area contributed by atoms with Crippen molar-refractivity contribution in [3.63, 3.8) is 0 Å². The molecule has 2 radical (unpaired) electrons. The molecule has 0 amide bonds. The number of rotatable bonds is 4. The Labute approximate surface area is 178 Å². The van der Waals surface area contributed by atoms with E-state index in [1.165, 1.54) is 13.2 Å². The van der Waals surface area contributed by atoms with Gasteiger partial charge in [0.15, 0.2) is 0 Å². The van der Waals surface area contributed by atoms with Crippen molar-refractivity contribution in [1.29, 1.82) is 0 Å². The van der Waals surface area contributed by atoms with Gasteiger partial charge in [0.25, 0.3) is 0 Å². The summed E-state index contributed by atoms with van der Waals surface area (Å²) < 4.78 is 6.08. The van der Waals surface area contributed by atoms with Crippen molar-refractivity contribution in [2.45, 2.75) is 11.5 Å². The Bertz CT molecular complexity index is 827. The Morgan fingerprint density at radius 1 is 0.357 bits per heavy atom. The van der Waals surface area contributed by atoms with Crippen LogP contribution in [0.4, 0.5) is 0 Å². The first kappa shape index (κ1) is 20.7. The summed E-state index contributed by atoms with van der Waals surface area (Å²) in [6.07, 6.45) is 0. The van der Waals surface area contributed by atoms with Gasteiger partial charge in [0, 0.05) is 0 Å². The van der Waals surface area contributed by atoms with Gasteiger partial charge in [0.05, 0.1) is 0 Å². The van der Waals surface area contributed by atoms with E-state index in [9.17, 15) is 0 Å². The minimum absolute atomic E-state index is 0.766. The van der Waals surface area contributed by atoms with Crippen LogP contribution in [0.5, 0.6) is 0 Å². The van der Waals surface area contributed by atoms with Gasteiger partial charge in [-0.25, -0.2) is 0 Å². The second kappa shape index (κ2) is 11.1. The molecule has 0 aliphatic heterocycles. The molecule has 28 heavy (non-hydrogen) atoms. The van der Waals surface area contributed by atoms with Gasteiger partial charge in [-0.2, -0.15) is 0 Å². The molecule has 0 saturated carbocycles. The molecule has 0 saturated heterocycles. The van der Waals surface area contributed by atoms with E-state index in [0.29, 0.717) is 0 Å². The molecule has 0 spiro atoms. The molecule has 4 rings (SSSR count). The van der Waals surface area contributed by atoms with Crippen LogP contribution in [0, 0.1) is 0 Å². The van der Waals surface area contributed by atoms with Gasteiger partial charge in [-0.3, -0.25) is 0 Å². The molecular weight excluding hydrogens is 458 g/mol. The zero-order valence-electron chi connectivity index (χ0n) is 16.5. The molecular formula is C26H26Ge2. The van der Waals surface area contributed by atoms with Crippen LogP contribution in [0.3, 0.4) is 0 Å². The monoisotopic (exact) mass is 486 g/mol. The molecule has 0 aliphatic rings. The van der Waals surface area contributed by atoms with Gasteiger partial charge < -0.3 is 0 Å². The predicted molar refractivity (Wildman–Crippen MR) is 128 cm³/mol. The van der Waals surface area contributed by atoms with Crippen LogP contribution in [0.25, 0.3) is 0 Å². The molecule has 4 aromatic carbocycles. The van der Waals surface area contributed by atoms with Gasteiger partial charge in [0.2, 0.25) is 0 Å². The Kier molecular flexibility index (Phi) is 8.19.